The van der Waals surface area contributed by atoms with Gasteiger partial charge in [-0.15, -0.1) is 0 Å². The molecule has 0 bridgehead atoms. The molecule has 9 heteroatoms. The number of anilines is 1. The van der Waals surface area contributed by atoms with Crippen molar-refractivity contribution in [3.05, 3.63) is 57.9 Å². The van der Waals surface area contributed by atoms with Gasteiger partial charge in [-0.25, -0.2) is 12.8 Å². The van der Waals surface area contributed by atoms with Crippen LogP contribution in [0.25, 0.3) is 0 Å². The van der Waals surface area contributed by atoms with Crippen molar-refractivity contribution in [2.75, 3.05) is 11.3 Å². The molecule has 0 aliphatic rings. The van der Waals surface area contributed by atoms with Crippen LogP contribution in [0, 0.1) is 22.9 Å². The number of nitro groups is 1. The van der Waals surface area contributed by atoms with E-state index in [1.54, 1.807) is 25.1 Å². The van der Waals surface area contributed by atoms with Gasteiger partial charge in [-0.05, 0) is 32.0 Å². The van der Waals surface area contributed by atoms with Crippen LogP contribution in [0.5, 0.6) is 5.75 Å². The fourth-order valence-corrected chi connectivity index (χ4v) is 3.23. The molecule has 0 amide bonds. The monoisotopic (exact) mass is 354 g/mol. The highest BCUT2D eigenvalue weighted by molar-refractivity contribution is 7.92. The zero-order valence-corrected chi connectivity index (χ0v) is 13.8. The van der Waals surface area contributed by atoms with E-state index in [4.69, 9.17) is 4.74 Å². The molecule has 7 nitrogen and oxygen atoms in total. The summed E-state index contributed by atoms with van der Waals surface area (Å²) in [6, 6.07) is 7.75. The molecule has 0 fully saturated rings. The lowest BCUT2D eigenvalue weighted by atomic mass is 10.2. The molecule has 0 aliphatic carbocycles. The SMILES string of the molecule is CCOc1ccccc1NS(=O)(=O)c1cc([N+](=O)[O-])c(C)cc1F. The average Bonchev–Trinajstić information content (AvgIpc) is 2.48. The topological polar surface area (TPSA) is 98.5 Å². The maximum absolute atomic E-state index is 14.1. The first-order valence-electron chi connectivity index (χ1n) is 6.95. The second kappa shape index (κ2) is 6.83. The Bertz CT molecular complexity index is 883. The van der Waals surface area contributed by atoms with Gasteiger partial charge in [0, 0.05) is 11.6 Å². The van der Waals surface area contributed by atoms with Gasteiger partial charge in [0.1, 0.15) is 16.5 Å². The van der Waals surface area contributed by atoms with Crippen LogP contribution in [0.15, 0.2) is 41.3 Å². The quantitative estimate of drug-likeness (QED) is 0.634. The minimum atomic E-state index is -4.37. The Hall–Kier alpha value is -2.68. The van der Waals surface area contributed by atoms with Gasteiger partial charge in [0.05, 0.1) is 17.2 Å². The number of rotatable bonds is 6. The number of ether oxygens (including phenoxy) is 1. The van der Waals surface area contributed by atoms with Crippen LogP contribution in [-0.4, -0.2) is 19.9 Å². The highest BCUT2D eigenvalue weighted by atomic mass is 32.2. The molecule has 0 unspecified atom stereocenters. The predicted octanol–water partition coefficient (Wildman–Crippen LogP) is 3.24. The summed E-state index contributed by atoms with van der Waals surface area (Å²) in [6.07, 6.45) is 0. The smallest absolute Gasteiger partial charge is 0.273 e. The Balaban J connectivity index is 2.49. The number of hydrogen-bond acceptors (Lipinski definition) is 5. The van der Waals surface area contributed by atoms with E-state index in [0.717, 1.165) is 6.07 Å². The van der Waals surface area contributed by atoms with E-state index in [-0.39, 0.29) is 17.0 Å². The van der Waals surface area contributed by atoms with Crippen molar-refractivity contribution >= 4 is 21.4 Å². The standard InChI is InChI=1S/C15H15FN2O5S/c1-3-23-14-7-5-4-6-12(14)17-24(21,22)15-9-13(18(19)20)10(2)8-11(15)16/h4-9,17H,3H2,1-2H3. The van der Waals surface area contributed by atoms with Crippen molar-refractivity contribution in [2.24, 2.45) is 0 Å². The van der Waals surface area contributed by atoms with Crippen LogP contribution >= 0.6 is 0 Å². The van der Waals surface area contributed by atoms with Crippen molar-refractivity contribution in [1.82, 2.24) is 0 Å². The molecule has 0 saturated heterocycles. The van der Waals surface area contributed by atoms with Crippen LogP contribution in [-0.2, 0) is 10.0 Å². The van der Waals surface area contributed by atoms with Crippen molar-refractivity contribution < 1.29 is 22.5 Å². The van der Waals surface area contributed by atoms with Gasteiger partial charge in [0.15, 0.2) is 0 Å². The van der Waals surface area contributed by atoms with Gasteiger partial charge in [0.25, 0.3) is 15.7 Å². The Labute approximate surface area is 138 Å². The van der Waals surface area contributed by atoms with Crippen molar-refractivity contribution in [2.45, 2.75) is 18.7 Å². The third-order valence-electron chi connectivity index (χ3n) is 3.17. The maximum atomic E-state index is 14.1. The molecule has 1 N–H and O–H groups in total. The second-order valence-corrected chi connectivity index (χ2v) is 6.51. The molecule has 0 saturated carbocycles. The molecule has 0 radical (unpaired) electrons. The molecule has 24 heavy (non-hydrogen) atoms. The van der Waals surface area contributed by atoms with Gasteiger partial charge < -0.3 is 4.74 Å². The molecule has 0 aliphatic heterocycles. The minimum Gasteiger partial charge on any atom is -0.492 e. The van der Waals surface area contributed by atoms with E-state index < -0.39 is 31.3 Å². The Morgan fingerprint density at radius 3 is 2.58 bits per heavy atom. The Morgan fingerprint density at radius 1 is 1.29 bits per heavy atom. The number of aryl methyl sites for hydroxylation is 1. The third kappa shape index (κ3) is 3.62. The number of nitro benzene ring substituents is 1. The molecular weight excluding hydrogens is 339 g/mol. The van der Waals surface area contributed by atoms with Gasteiger partial charge in [-0.1, -0.05) is 12.1 Å². The van der Waals surface area contributed by atoms with Crippen molar-refractivity contribution in [3.8, 4) is 5.75 Å². The van der Waals surface area contributed by atoms with E-state index in [1.165, 1.54) is 13.0 Å². The summed E-state index contributed by atoms with van der Waals surface area (Å²) >= 11 is 0. The third-order valence-corrected chi connectivity index (χ3v) is 4.55. The largest absolute Gasteiger partial charge is 0.492 e. The molecule has 0 atom stereocenters. The average molecular weight is 354 g/mol. The number of hydrogen-bond donors (Lipinski definition) is 1. The summed E-state index contributed by atoms with van der Waals surface area (Å²) in [4.78, 5) is 9.40. The fraction of sp³-hybridized carbons (Fsp3) is 0.200. The number of halogens is 1. The van der Waals surface area contributed by atoms with E-state index in [1.807, 2.05) is 0 Å². The van der Waals surface area contributed by atoms with Crippen molar-refractivity contribution in [1.29, 1.82) is 0 Å². The van der Waals surface area contributed by atoms with Gasteiger partial charge >= 0.3 is 0 Å². The Kier molecular flexibility index (Phi) is 5.03. The summed E-state index contributed by atoms with van der Waals surface area (Å²) in [5, 5.41) is 11.0. The van der Waals surface area contributed by atoms with Crippen LogP contribution in [0.4, 0.5) is 15.8 Å². The van der Waals surface area contributed by atoms with E-state index in [0.29, 0.717) is 12.7 Å². The normalized spacial score (nSPS) is 11.1. The van der Waals surface area contributed by atoms with Crippen LogP contribution in [0.1, 0.15) is 12.5 Å². The molecule has 128 valence electrons. The number of sulfonamides is 1. The molecule has 2 aromatic carbocycles. The van der Waals surface area contributed by atoms with Gasteiger partial charge in [-0.3, -0.25) is 14.8 Å². The summed E-state index contributed by atoms with van der Waals surface area (Å²) in [6.45, 7) is 3.37. The highest BCUT2D eigenvalue weighted by Gasteiger charge is 2.25. The number of benzene rings is 2. The summed E-state index contributed by atoms with van der Waals surface area (Å²) in [5.41, 5.74) is -0.331. The van der Waals surface area contributed by atoms with Crippen molar-refractivity contribution in [3.63, 3.8) is 0 Å². The lowest BCUT2D eigenvalue weighted by Gasteiger charge is -2.13. The second-order valence-electron chi connectivity index (χ2n) is 4.86. The van der Waals surface area contributed by atoms with E-state index >= 15 is 0 Å². The number of nitrogens with one attached hydrogen (secondary N) is 1. The van der Waals surface area contributed by atoms with Gasteiger partial charge in [-0.2, -0.15) is 0 Å². The maximum Gasteiger partial charge on any atom is 0.273 e. The van der Waals surface area contributed by atoms with Crippen LogP contribution < -0.4 is 9.46 Å². The molecular formula is C15H15FN2O5S. The zero-order chi connectivity index (χ0) is 17.9. The first kappa shape index (κ1) is 17.7. The predicted molar refractivity (Wildman–Crippen MR) is 86.2 cm³/mol. The first-order chi connectivity index (χ1) is 11.3. The lowest BCUT2D eigenvalue weighted by Crippen LogP contribution is -2.16. The zero-order valence-electron chi connectivity index (χ0n) is 12.9. The summed E-state index contributed by atoms with van der Waals surface area (Å²) in [7, 11) is -4.37. The van der Waals surface area contributed by atoms with E-state index in [2.05, 4.69) is 4.72 Å². The molecule has 2 aromatic rings. The highest BCUT2D eigenvalue weighted by Crippen LogP contribution is 2.30. The molecule has 0 heterocycles. The lowest BCUT2D eigenvalue weighted by molar-refractivity contribution is -0.385. The fourth-order valence-electron chi connectivity index (χ4n) is 2.08. The molecule has 2 rings (SSSR count). The molecule has 0 aromatic heterocycles. The van der Waals surface area contributed by atoms with Crippen LogP contribution in [0.3, 0.4) is 0 Å². The Morgan fingerprint density at radius 2 is 1.96 bits per heavy atom. The minimum absolute atomic E-state index is 0.0335. The van der Waals surface area contributed by atoms with E-state index in [9.17, 15) is 22.9 Å². The summed E-state index contributed by atoms with van der Waals surface area (Å²) < 4.78 is 46.4. The van der Waals surface area contributed by atoms with Crippen LogP contribution in [0.2, 0.25) is 0 Å². The number of nitrogens with zero attached hydrogens (tertiary/aromatic N) is 1. The molecule has 0 spiro atoms. The number of para-hydroxylation sites is 2. The first-order valence-corrected chi connectivity index (χ1v) is 8.43. The van der Waals surface area contributed by atoms with Gasteiger partial charge in [0.2, 0.25) is 0 Å². The summed E-state index contributed by atoms with van der Waals surface area (Å²) in [5.74, 6) is -0.801.